The quantitative estimate of drug-likeness (QED) is 0.714. The molecule has 0 radical (unpaired) electrons. The zero-order valence-electron chi connectivity index (χ0n) is 12.8. The van der Waals surface area contributed by atoms with Gasteiger partial charge in [0.05, 0.1) is 16.3 Å². The summed E-state index contributed by atoms with van der Waals surface area (Å²) in [5, 5.41) is 0.429. The molecule has 2 aromatic carbocycles. The molecule has 0 heterocycles. The molecule has 9 heteroatoms. The zero-order valence-corrected chi connectivity index (χ0v) is 15.2. The molecular weight excluding hydrogens is 392 g/mol. The van der Waals surface area contributed by atoms with E-state index in [1.54, 1.807) is 6.07 Å². The number of nitrogens with one attached hydrogen (secondary N) is 1. The van der Waals surface area contributed by atoms with E-state index in [4.69, 9.17) is 27.9 Å². The van der Waals surface area contributed by atoms with Crippen molar-refractivity contribution >= 4 is 39.2 Å². The summed E-state index contributed by atoms with van der Waals surface area (Å²) in [5.74, 6) is -1.27. The first-order valence-corrected chi connectivity index (χ1v) is 9.37. The molecule has 0 unspecified atom stereocenters. The molecule has 0 aromatic heterocycles. The molecule has 2 rings (SSSR count). The molecule has 0 aliphatic carbocycles. The SMILES string of the molecule is O=C(CCNS(=O)(=O)c1cccc(Cl)c1)OCc1c(F)cccc1Cl. The fourth-order valence-electron chi connectivity index (χ4n) is 1.90. The molecule has 0 fully saturated rings. The van der Waals surface area contributed by atoms with E-state index in [0.29, 0.717) is 0 Å². The minimum absolute atomic E-state index is 0.00787. The van der Waals surface area contributed by atoms with E-state index in [-0.39, 0.29) is 40.1 Å². The van der Waals surface area contributed by atoms with Gasteiger partial charge in [0, 0.05) is 17.1 Å². The monoisotopic (exact) mass is 405 g/mol. The predicted molar refractivity (Wildman–Crippen MR) is 92.5 cm³/mol. The van der Waals surface area contributed by atoms with Crippen LogP contribution < -0.4 is 4.72 Å². The van der Waals surface area contributed by atoms with E-state index >= 15 is 0 Å². The summed E-state index contributed by atoms with van der Waals surface area (Å²) >= 11 is 11.6. The Morgan fingerprint density at radius 3 is 2.56 bits per heavy atom. The van der Waals surface area contributed by atoms with Crippen LogP contribution in [0, 0.1) is 5.82 Å². The average Bonchev–Trinajstić information content (AvgIpc) is 2.54. The molecule has 0 aliphatic heterocycles. The van der Waals surface area contributed by atoms with Gasteiger partial charge in [-0.3, -0.25) is 4.79 Å². The van der Waals surface area contributed by atoms with Crippen molar-refractivity contribution in [1.29, 1.82) is 0 Å². The molecule has 0 aliphatic rings. The lowest BCUT2D eigenvalue weighted by atomic mass is 10.2. The highest BCUT2D eigenvalue weighted by Gasteiger charge is 2.15. The summed E-state index contributed by atoms with van der Waals surface area (Å²) in [4.78, 5) is 11.7. The van der Waals surface area contributed by atoms with Gasteiger partial charge in [-0.05, 0) is 30.3 Å². The van der Waals surface area contributed by atoms with Crippen molar-refractivity contribution in [3.05, 3.63) is 63.9 Å². The van der Waals surface area contributed by atoms with Crippen LogP contribution >= 0.6 is 23.2 Å². The molecule has 0 amide bonds. The van der Waals surface area contributed by atoms with Crippen molar-refractivity contribution in [3.8, 4) is 0 Å². The van der Waals surface area contributed by atoms with Crippen molar-refractivity contribution in [3.63, 3.8) is 0 Å². The van der Waals surface area contributed by atoms with Gasteiger partial charge in [0.1, 0.15) is 12.4 Å². The average molecular weight is 406 g/mol. The number of carbonyl (C=O) groups excluding carboxylic acids is 1. The number of hydrogen-bond acceptors (Lipinski definition) is 4. The Bertz CT molecular complexity index is 854. The third-order valence-electron chi connectivity index (χ3n) is 3.17. The Kier molecular flexibility index (Phi) is 6.78. The maximum absolute atomic E-state index is 13.6. The number of halogens is 3. The largest absolute Gasteiger partial charge is 0.461 e. The highest BCUT2D eigenvalue weighted by Crippen LogP contribution is 2.20. The van der Waals surface area contributed by atoms with Crippen LogP contribution in [0.1, 0.15) is 12.0 Å². The van der Waals surface area contributed by atoms with Crippen molar-refractivity contribution < 1.29 is 22.3 Å². The first kappa shape index (κ1) is 19.7. The van der Waals surface area contributed by atoms with Crippen molar-refractivity contribution in [1.82, 2.24) is 4.72 Å². The van der Waals surface area contributed by atoms with Crippen LogP contribution in [-0.2, 0) is 26.2 Å². The fraction of sp³-hybridized carbons (Fsp3) is 0.188. The lowest BCUT2D eigenvalue weighted by Gasteiger charge is -2.09. The summed E-state index contributed by atoms with van der Waals surface area (Å²) in [6.45, 7) is -0.496. The number of hydrogen-bond donors (Lipinski definition) is 1. The molecular formula is C16H14Cl2FNO4S. The summed E-state index contributed by atoms with van der Waals surface area (Å²) in [6.07, 6.45) is -0.216. The maximum atomic E-state index is 13.6. The number of benzene rings is 2. The molecule has 5 nitrogen and oxygen atoms in total. The van der Waals surface area contributed by atoms with E-state index < -0.39 is 21.8 Å². The lowest BCUT2D eigenvalue weighted by Crippen LogP contribution is -2.26. The minimum atomic E-state index is -3.78. The number of ether oxygens (including phenoxy) is 1. The second-order valence-corrected chi connectivity index (χ2v) is 7.58. The lowest BCUT2D eigenvalue weighted by molar-refractivity contribution is -0.144. The standard InChI is InChI=1S/C16H14Cl2FNO4S/c17-11-3-1-4-12(9-11)25(22,23)20-8-7-16(21)24-10-13-14(18)5-2-6-15(13)19/h1-6,9,20H,7-8,10H2. The Balaban J connectivity index is 1.84. The van der Waals surface area contributed by atoms with E-state index in [9.17, 15) is 17.6 Å². The van der Waals surface area contributed by atoms with Crippen molar-refractivity contribution in [2.24, 2.45) is 0 Å². The van der Waals surface area contributed by atoms with Crippen LogP contribution in [0.3, 0.4) is 0 Å². The highest BCUT2D eigenvalue weighted by molar-refractivity contribution is 7.89. The van der Waals surface area contributed by atoms with Crippen molar-refractivity contribution in [2.45, 2.75) is 17.9 Å². The maximum Gasteiger partial charge on any atom is 0.307 e. The Hall–Kier alpha value is -1.67. The Labute approximate surface area is 154 Å². The van der Waals surface area contributed by atoms with E-state index in [2.05, 4.69) is 4.72 Å². The summed E-state index contributed by atoms with van der Waals surface area (Å²) < 4.78 is 44.8. The molecule has 134 valence electrons. The zero-order chi connectivity index (χ0) is 18.4. The van der Waals surface area contributed by atoms with Gasteiger partial charge < -0.3 is 4.74 Å². The summed E-state index contributed by atoms with van der Waals surface area (Å²) in [7, 11) is -3.78. The first-order chi connectivity index (χ1) is 11.8. The Morgan fingerprint density at radius 2 is 1.88 bits per heavy atom. The van der Waals surface area contributed by atoms with E-state index in [0.717, 1.165) is 0 Å². The van der Waals surface area contributed by atoms with Gasteiger partial charge >= 0.3 is 5.97 Å². The van der Waals surface area contributed by atoms with Crippen molar-refractivity contribution in [2.75, 3.05) is 6.54 Å². The molecule has 25 heavy (non-hydrogen) atoms. The molecule has 0 atom stereocenters. The number of sulfonamides is 1. The van der Waals surface area contributed by atoms with Gasteiger partial charge in [-0.2, -0.15) is 0 Å². The minimum Gasteiger partial charge on any atom is -0.461 e. The van der Waals surface area contributed by atoms with Gasteiger partial charge in [0.25, 0.3) is 0 Å². The first-order valence-electron chi connectivity index (χ1n) is 7.13. The third kappa shape index (κ3) is 5.67. The number of rotatable bonds is 7. The molecule has 0 bridgehead atoms. The summed E-state index contributed by atoms with van der Waals surface area (Å²) in [5.41, 5.74) is 0.0667. The molecule has 2 aromatic rings. The van der Waals surface area contributed by atoms with E-state index in [1.807, 2.05) is 0 Å². The van der Waals surface area contributed by atoms with E-state index in [1.165, 1.54) is 36.4 Å². The van der Waals surface area contributed by atoms with Crippen LogP contribution in [0.2, 0.25) is 10.0 Å². The third-order valence-corrected chi connectivity index (χ3v) is 5.21. The molecule has 1 N–H and O–H groups in total. The topological polar surface area (TPSA) is 72.5 Å². The van der Waals surface area contributed by atoms with Gasteiger partial charge in [-0.15, -0.1) is 0 Å². The molecule has 0 saturated carbocycles. The predicted octanol–water partition coefficient (Wildman–Crippen LogP) is 3.54. The normalized spacial score (nSPS) is 11.3. The van der Waals surface area contributed by atoms with Crippen LogP contribution in [0.5, 0.6) is 0 Å². The smallest absolute Gasteiger partial charge is 0.307 e. The molecule has 0 saturated heterocycles. The highest BCUT2D eigenvalue weighted by atomic mass is 35.5. The van der Waals surface area contributed by atoms with Gasteiger partial charge in [0.2, 0.25) is 10.0 Å². The number of carbonyl (C=O) groups is 1. The fourth-order valence-corrected chi connectivity index (χ4v) is 3.45. The second kappa shape index (κ2) is 8.62. The van der Waals surface area contributed by atoms with Gasteiger partial charge in [-0.25, -0.2) is 17.5 Å². The van der Waals surface area contributed by atoms with Crippen LogP contribution in [0.15, 0.2) is 47.4 Å². The molecule has 0 spiro atoms. The van der Waals surface area contributed by atoms with Crippen LogP contribution in [-0.4, -0.2) is 20.9 Å². The van der Waals surface area contributed by atoms with Crippen LogP contribution in [0.4, 0.5) is 4.39 Å². The second-order valence-electron chi connectivity index (χ2n) is 4.97. The Morgan fingerprint density at radius 1 is 1.16 bits per heavy atom. The van der Waals surface area contributed by atoms with Crippen LogP contribution in [0.25, 0.3) is 0 Å². The number of esters is 1. The van der Waals surface area contributed by atoms with Gasteiger partial charge in [-0.1, -0.05) is 35.3 Å². The summed E-state index contributed by atoms with van der Waals surface area (Å²) in [6, 6.07) is 9.85. The van der Waals surface area contributed by atoms with Gasteiger partial charge in [0.15, 0.2) is 0 Å².